The van der Waals surface area contributed by atoms with Crippen LogP contribution in [0.4, 0.5) is 0 Å². The van der Waals surface area contributed by atoms with Gasteiger partial charge in [-0.2, -0.15) is 0 Å². The van der Waals surface area contributed by atoms with E-state index in [1.54, 1.807) is 0 Å². The fraction of sp³-hybridized carbons (Fsp3) is 0.600. The Kier molecular flexibility index (Phi) is 9.79. The second kappa shape index (κ2) is 9.94. The summed E-state index contributed by atoms with van der Waals surface area (Å²) in [6.07, 6.45) is 0. The maximum atomic E-state index is 2.31. The van der Waals surface area contributed by atoms with Gasteiger partial charge in [0, 0.05) is 0 Å². The third-order valence-corrected chi connectivity index (χ3v) is 4.77. The van der Waals surface area contributed by atoms with E-state index in [-0.39, 0.29) is 1.43 Å². The molecule has 1 aromatic rings. The van der Waals surface area contributed by atoms with Crippen LogP contribution in [0.1, 0.15) is 34.7 Å². The number of aryl methyl sites for hydroxylation is 1. The van der Waals surface area contributed by atoms with Gasteiger partial charge in [-0.1, -0.05) is 35.9 Å². The minimum absolute atomic E-state index is 0. The van der Waals surface area contributed by atoms with E-state index in [4.69, 9.17) is 0 Å². The van der Waals surface area contributed by atoms with Crippen molar-refractivity contribution in [3.8, 4) is 0 Å². The monoisotopic (exact) mass is 234 g/mol. The summed E-state index contributed by atoms with van der Waals surface area (Å²) in [5.74, 6) is 1.86. The minimum atomic E-state index is 0. The van der Waals surface area contributed by atoms with Crippen molar-refractivity contribution < 1.29 is 1.43 Å². The predicted octanol–water partition coefficient (Wildman–Crippen LogP) is 4.95. The van der Waals surface area contributed by atoms with Crippen molar-refractivity contribution in [1.29, 1.82) is 0 Å². The van der Waals surface area contributed by atoms with Gasteiger partial charge in [0.05, 0.1) is 0 Å². The molecule has 16 heavy (non-hydrogen) atoms. The molecule has 0 bridgehead atoms. The Labute approximate surface area is 110 Å². The maximum Gasteiger partial charge on any atom is -0.0398 e. The Morgan fingerprint density at radius 2 is 1.38 bits per heavy atom. The third kappa shape index (κ3) is 11.8. The summed E-state index contributed by atoms with van der Waals surface area (Å²) >= 11 is 0.755. The maximum absolute atomic E-state index is 2.31. The van der Waals surface area contributed by atoms with Crippen LogP contribution in [0.3, 0.4) is 0 Å². The molecule has 0 atom stereocenters. The summed E-state index contributed by atoms with van der Waals surface area (Å²) in [5, 5.41) is 2.97. The van der Waals surface area contributed by atoms with E-state index in [9.17, 15) is 0 Å². The standard InChI is InChI=1S/C7H8.2C4H9.Al.H/c1-7-5-3-2-4-6-7;2*1-4(2)3;;/h2-6H,1H3;2*4H,1H2,2-3H3;;/q;;;+1;-1. The van der Waals surface area contributed by atoms with Crippen LogP contribution in [0.25, 0.3) is 0 Å². The minimum Gasteiger partial charge on any atom is -1.00 e. The summed E-state index contributed by atoms with van der Waals surface area (Å²) in [4.78, 5) is 0. The molecule has 0 N–H and O–H groups in total. The van der Waals surface area contributed by atoms with Crippen molar-refractivity contribution in [3.05, 3.63) is 35.9 Å². The summed E-state index contributed by atoms with van der Waals surface area (Å²) in [5.41, 5.74) is 1.32. The van der Waals surface area contributed by atoms with Gasteiger partial charge in [0.2, 0.25) is 0 Å². The average Bonchev–Trinajstić information content (AvgIpc) is 2.18. The molecule has 0 saturated heterocycles. The van der Waals surface area contributed by atoms with Crippen molar-refractivity contribution in [2.75, 3.05) is 0 Å². The summed E-state index contributed by atoms with van der Waals surface area (Å²) < 4.78 is 0. The fourth-order valence-corrected chi connectivity index (χ4v) is 2.82. The van der Waals surface area contributed by atoms with Crippen molar-refractivity contribution in [1.82, 2.24) is 0 Å². The zero-order valence-electron chi connectivity index (χ0n) is 12.5. The average molecular weight is 234 g/mol. The molecule has 1 rings (SSSR count). The van der Waals surface area contributed by atoms with Gasteiger partial charge in [-0.05, 0) is 6.92 Å². The first-order valence-electron chi connectivity index (χ1n) is 6.35. The molecule has 0 unspecified atom stereocenters. The topological polar surface area (TPSA) is 0 Å². The smallest absolute Gasteiger partial charge is 0.0398 e. The number of hydrogen-bond donors (Lipinski definition) is 0. The zero-order valence-corrected chi connectivity index (χ0v) is 12.7. The van der Waals surface area contributed by atoms with Crippen molar-refractivity contribution >= 4 is 15.2 Å². The van der Waals surface area contributed by atoms with E-state index in [1.807, 2.05) is 18.2 Å². The Hall–Kier alpha value is -0.248. The predicted molar refractivity (Wildman–Crippen MR) is 77.3 cm³/mol. The Bertz CT molecular complexity index is 236. The van der Waals surface area contributed by atoms with E-state index >= 15 is 0 Å². The zero-order chi connectivity index (χ0) is 12.4. The molecule has 0 nitrogen and oxygen atoms in total. The number of benzene rings is 1. The van der Waals surface area contributed by atoms with Crippen LogP contribution in [0.5, 0.6) is 0 Å². The van der Waals surface area contributed by atoms with Crippen molar-refractivity contribution in [3.63, 3.8) is 0 Å². The molecule has 0 fully saturated rings. The number of hydrogen-bond acceptors (Lipinski definition) is 0. The normalized spacial score (nSPS) is 9.69. The van der Waals surface area contributed by atoms with Crippen LogP contribution in [-0.4, -0.2) is 15.2 Å². The Morgan fingerprint density at radius 1 is 0.938 bits per heavy atom. The van der Waals surface area contributed by atoms with Gasteiger partial charge in [0.1, 0.15) is 0 Å². The second-order valence-corrected chi connectivity index (χ2v) is 6.72. The molecule has 0 aliphatic carbocycles. The molecule has 0 radical (unpaired) electrons. The van der Waals surface area contributed by atoms with Gasteiger partial charge in [-0.3, -0.25) is 0 Å². The van der Waals surface area contributed by atoms with Crippen molar-refractivity contribution in [2.45, 2.75) is 45.2 Å². The van der Waals surface area contributed by atoms with E-state index in [2.05, 4.69) is 46.8 Å². The van der Waals surface area contributed by atoms with E-state index < -0.39 is 0 Å². The Balaban J connectivity index is 0. The van der Waals surface area contributed by atoms with Crippen LogP contribution in [0.2, 0.25) is 10.6 Å². The van der Waals surface area contributed by atoms with Gasteiger partial charge < -0.3 is 1.43 Å². The molecular weight excluding hydrogens is 207 g/mol. The van der Waals surface area contributed by atoms with Crippen LogP contribution >= 0.6 is 0 Å². The molecule has 0 heterocycles. The van der Waals surface area contributed by atoms with Gasteiger partial charge in [-0.25, -0.2) is 0 Å². The van der Waals surface area contributed by atoms with Crippen LogP contribution in [0, 0.1) is 18.8 Å². The van der Waals surface area contributed by atoms with Gasteiger partial charge in [0.15, 0.2) is 0 Å². The fourth-order valence-electron chi connectivity index (χ4n) is 1.30. The largest absolute Gasteiger partial charge is 1.00 e. The van der Waals surface area contributed by atoms with Crippen LogP contribution in [0.15, 0.2) is 30.3 Å². The first kappa shape index (κ1) is 15.8. The van der Waals surface area contributed by atoms with Gasteiger partial charge in [0.25, 0.3) is 0 Å². The molecule has 0 saturated carbocycles. The number of rotatable bonds is 4. The molecule has 0 amide bonds. The van der Waals surface area contributed by atoms with E-state index in [0.29, 0.717) is 0 Å². The molecule has 0 aliphatic rings. The summed E-state index contributed by atoms with van der Waals surface area (Å²) in [7, 11) is 0. The van der Waals surface area contributed by atoms with Crippen LogP contribution < -0.4 is 0 Å². The van der Waals surface area contributed by atoms with E-state index in [1.165, 1.54) is 16.1 Å². The SMILES string of the molecule is CC(C)[CH2][Al+][CH2]C(C)C.Cc1ccccc1.[H-]. The van der Waals surface area contributed by atoms with E-state index in [0.717, 1.165) is 27.1 Å². The summed E-state index contributed by atoms with van der Waals surface area (Å²) in [6.45, 7) is 11.3. The quantitative estimate of drug-likeness (QED) is 0.647. The van der Waals surface area contributed by atoms with Gasteiger partial charge >= 0.3 is 65.3 Å². The van der Waals surface area contributed by atoms with Crippen LogP contribution in [-0.2, 0) is 0 Å². The molecule has 1 aromatic carbocycles. The first-order chi connectivity index (χ1) is 7.52. The Morgan fingerprint density at radius 3 is 1.62 bits per heavy atom. The third-order valence-electron chi connectivity index (χ3n) is 2.22. The molecular formula is C15H27Al. The molecule has 90 valence electrons. The molecule has 0 aliphatic heterocycles. The molecule has 0 spiro atoms. The summed E-state index contributed by atoms with van der Waals surface area (Å²) in [6, 6.07) is 10.3. The second-order valence-electron chi connectivity index (χ2n) is 5.20. The first-order valence-corrected chi connectivity index (χ1v) is 7.99. The molecule has 1 heteroatoms. The van der Waals surface area contributed by atoms with Crippen molar-refractivity contribution in [2.24, 2.45) is 11.8 Å². The molecule has 0 aromatic heterocycles. The van der Waals surface area contributed by atoms with Gasteiger partial charge in [-0.15, -0.1) is 0 Å².